The minimum absolute atomic E-state index is 0.472. The van der Waals surface area contributed by atoms with Crippen molar-refractivity contribution in [3.63, 3.8) is 0 Å². The van der Waals surface area contributed by atoms with Crippen LogP contribution in [-0.2, 0) is 6.42 Å². The third-order valence-electron chi connectivity index (χ3n) is 4.74. The van der Waals surface area contributed by atoms with Crippen LogP contribution < -0.4 is 10.1 Å². The molecule has 0 aromatic heterocycles. The monoisotopic (exact) mass is 291 g/mol. The number of benzene rings is 1. The Morgan fingerprint density at radius 2 is 2.00 bits per heavy atom. The summed E-state index contributed by atoms with van der Waals surface area (Å²) in [5.41, 5.74) is 2.95. The summed E-state index contributed by atoms with van der Waals surface area (Å²) in [6, 6.07) is 7.04. The first-order chi connectivity index (χ1) is 9.81. The van der Waals surface area contributed by atoms with Crippen LogP contribution in [0, 0.1) is 0 Å². The van der Waals surface area contributed by atoms with Crippen molar-refractivity contribution in [3.8, 4) is 5.75 Å². The number of hydrogen-bond donors (Lipinski definition) is 1. The molecule has 110 valence electrons. The Balaban J connectivity index is 1.80. The maximum Gasteiger partial charge on any atom is 0.119 e. The fraction of sp³-hybridized carbons (Fsp3) is 0.647. The summed E-state index contributed by atoms with van der Waals surface area (Å²) in [7, 11) is 3.85. The summed E-state index contributed by atoms with van der Waals surface area (Å²) in [6.07, 6.45) is 8.21. The largest absolute Gasteiger partial charge is 0.497 e. The van der Waals surface area contributed by atoms with Crippen molar-refractivity contribution in [2.75, 3.05) is 14.2 Å². The third kappa shape index (κ3) is 2.84. The molecule has 20 heavy (non-hydrogen) atoms. The van der Waals surface area contributed by atoms with Gasteiger partial charge in [0.2, 0.25) is 0 Å². The molecule has 1 aromatic carbocycles. The van der Waals surface area contributed by atoms with Crippen molar-refractivity contribution in [3.05, 3.63) is 29.3 Å². The van der Waals surface area contributed by atoms with E-state index in [0.717, 1.165) is 11.0 Å². The van der Waals surface area contributed by atoms with Crippen molar-refractivity contribution in [1.82, 2.24) is 5.32 Å². The minimum atomic E-state index is 0.472. The van der Waals surface area contributed by atoms with Crippen molar-refractivity contribution in [1.29, 1.82) is 0 Å². The van der Waals surface area contributed by atoms with Crippen molar-refractivity contribution in [2.24, 2.45) is 0 Å². The summed E-state index contributed by atoms with van der Waals surface area (Å²) in [5, 5.41) is 5.16. The molecular formula is C17H25NOS. The van der Waals surface area contributed by atoms with E-state index >= 15 is 0 Å². The SMILES string of the molecule is CNC1c2cc(OC)ccc2CCC1SC1CCCC1. The first-order valence-corrected chi connectivity index (χ1v) is 8.75. The van der Waals surface area contributed by atoms with E-state index in [-0.39, 0.29) is 0 Å². The van der Waals surface area contributed by atoms with Gasteiger partial charge in [-0.3, -0.25) is 0 Å². The lowest BCUT2D eigenvalue weighted by molar-refractivity contribution is 0.411. The van der Waals surface area contributed by atoms with Crippen LogP contribution in [0.1, 0.15) is 49.3 Å². The number of aryl methyl sites for hydroxylation is 1. The van der Waals surface area contributed by atoms with Gasteiger partial charge in [0.25, 0.3) is 0 Å². The van der Waals surface area contributed by atoms with Gasteiger partial charge in [0.05, 0.1) is 7.11 Å². The highest BCUT2D eigenvalue weighted by Crippen LogP contribution is 2.43. The Hall–Kier alpha value is -0.670. The Kier molecular flexibility index (Phi) is 4.57. The van der Waals surface area contributed by atoms with Gasteiger partial charge in [-0.2, -0.15) is 11.8 Å². The topological polar surface area (TPSA) is 21.3 Å². The lowest BCUT2D eigenvalue weighted by Gasteiger charge is -2.34. The van der Waals surface area contributed by atoms with Gasteiger partial charge in [0, 0.05) is 16.5 Å². The van der Waals surface area contributed by atoms with Gasteiger partial charge in [-0.25, -0.2) is 0 Å². The Morgan fingerprint density at radius 3 is 2.70 bits per heavy atom. The number of thioether (sulfide) groups is 1. The van der Waals surface area contributed by atoms with E-state index in [1.807, 2.05) is 0 Å². The zero-order valence-electron chi connectivity index (χ0n) is 12.5. The highest BCUT2D eigenvalue weighted by atomic mass is 32.2. The maximum absolute atomic E-state index is 5.41. The summed E-state index contributed by atoms with van der Waals surface area (Å²) in [5.74, 6) is 0.982. The number of rotatable bonds is 4. The lowest BCUT2D eigenvalue weighted by atomic mass is 9.87. The molecular weight excluding hydrogens is 266 g/mol. The molecule has 2 unspecified atom stereocenters. The van der Waals surface area contributed by atoms with E-state index in [9.17, 15) is 0 Å². The van der Waals surface area contributed by atoms with Gasteiger partial charge < -0.3 is 10.1 Å². The van der Waals surface area contributed by atoms with Gasteiger partial charge in [0.1, 0.15) is 5.75 Å². The predicted molar refractivity (Wildman–Crippen MR) is 86.8 cm³/mol. The van der Waals surface area contributed by atoms with Gasteiger partial charge in [-0.05, 0) is 56.0 Å². The molecule has 3 heteroatoms. The predicted octanol–water partition coefficient (Wildman–Crippen LogP) is 3.95. The van der Waals surface area contributed by atoms with E-state index in [1.54, 1.807) is 7.11 Å². The van der Waals surface area contributed by atoms with Crippen LogP contribution >= 0.6 is 11.8 Å². The fourth-order valence-corrected chi connectivity index (χ4v) is 5.44. The summed E-state index contributed by atoms with van der Waals surface area (Å²) in [6.45, 7) is 0. The fourth-order valence-electron chi connectivity index (χ4n) is 3.64. The number of nitrogens with one attached hydrogen (secondary N) is 1. The molecule has 3 rings (SSSR count). The molecule has 1 aromatic rings. The molecule has 2 aliphatic carbocycles. The maximum atomic E-state index is 5.41. The van der Waals surface area contributed by atoms with Crippen LogP contribution in [0.2, 0.25) is 0 Å². The van der Waals surface area contributed by atoms with Crippen LogP contribution in [0.4, 0.5) is 0 Å². The second-order valence-electron chi connectivity index (χ2n) is 5.95. The molecule has 2 aliphatic rings. The summed E-state index contributed by atoms with van der Waals surface area (Å²) >= 11 is 2.23. The van der Waals surface area contributed by atoms with Crippen LogP contribution in [0.3, 0.4) is 0 Å². The summed E-state index contributed by atoms with van der Waals surface area (Å²) in [4.78, 5) is 0. The second kappa shape index (κ2) is 6.40. The number of hydrogen-bond acceptors (Lipinski definition) is 3. The van der Waals surface area contributed by atoms with E-state index in [1.165, 1.54) is 49.7 Å². The molecule has 1 fully saturated rings. The highest BCUT2D eigenvalue weighted by Gasteiger charge is 2.31. The third-order valence-corrected chi connectivity index (χ3v) is 6.45. The first kappa shape index (κ1) is 14.3. The number of methoxy groups -OCH3 is 1. The van der Waals surface area contributed by atoms with Crippen LogP contribution in [-0.4, -0.2) is 24.7 Å². The quantitative estimate of drug-likeness (QED) is 0.907. The standard InChI is InChI=1S/C17H25NOS/c1-18-17-15-11-13(19-2)9-7-12(15)8-10-16(17)20-14-5-3-4-6-14/h7,9,11,14,16-18H,3-6,8,10H2,1-2H3. The smallest absolute Gasteiger partial charge is 0.119 e. The Morgan fingerprint density at radius 1 is 1.20 bits per heavy atom. The number of fused-ring (bicyclic) bond motifs is 1. The second-order valence-corrected chi connectivity index (χ2v) is 7.50. The highest BCUT2D eigenvalue weighted by molar-refractivity contribution is 8.00. The number of ether oxygens (including phenoxy) is 1. The van der Waals surface area contributed by atoms with Crippen LogP contribution in [0.5, 0.6) is 5.75 Å². The van der Waals surface area contributed by atoms with Gasteiger partial charge in [-0.1, -0.05) is 18.9 Å². The summed E-state index contributed by atoms with van der Waals surface area (Å²) < 4.78 is 5.41. The lowest BCUT2D eigenvalue weighted by Crippen LogP contribution is -2.33. The zero-order valence-corrected chi connectivity index (χ0v) is 13.3. The average molecular weight is 291 g/mol. The van der Waals surface area contributed by atoms with E-state index in [0.29, 0.717) is 11.3 Å². The molecule has 0 heterocycles. The van der Waals surface area contributed by atoms with Crippen LogP contribution in [0.25, 0.3) is 0 Å². The molecule has 1 saturated carbocycles. The van der Waals surface area contributed by atoms with Crippen molar-refractivity contribution < 1.29 is 4.74 Å². The Bertz CT molecular complexity index is 456. The molecule has 0 saturated heterocycles. The van der Waals surface area contributed by atoms with E-state index in [4.69, 9.17) is 4.74 Å². The van der Waals surface area contributed by atoms with Crippen molar-refractivity contribution >= 4 is 11.8 Å². The van der Waals surface area contributed by atoms with Gasteiger partial charge in [-0.15, -0.1) is 0 Å². The molecule has 2 nitrogen and oxygen atoms in total. The molecule has 0 amide bonds. The first-order valence-electron chi connectivity index (χ1n) is 7.81. The van der Waals surface area contributed by atoms with Crippen molar-refractivity contribution in [2.45, 2.75) is 55.1 Å². The van der Waals surface area contributed by atoms with Crippen LogP contribution in [0.15, 0.2) is 18.2 Å². The molecule has 0 bridgehead atoms. The average Bonchev–Trinajstić information content (AvgIpc) is 2.99. The normalized spacial score (nSPS) is 26.5. The molecule has 0 spiro atoms. The Labute approximate surface area is 126 Å². The molecule has 0 aliphatic heterocycles. The van der Waals surface area contributed by atoms with E-state index < -0.39 is 0 Å². The molecule has 0 radical (unpaired) electrons. The zero-order chi connectivity index (χ0) is 13.9. The van der Waals surface area contributed by atoms with Gasteiger partial charge >= 0.3 is 0 Å². The van der Waals surface area contributed by atoms with Gasteiger partial charge in [0.15, 0.2) is 0 Å². The minimum Gasteiger partial charge on any atom is -0.497 e. The van der Waals surface area contributed by atoms with E-state index in [2.05, 4.69) is 42.3 Å². The molecule has 2 atom stereocenters. The molecule has 1 N–H and O–H groups in total.